The summed E-state index contributed by atoms with van der Waals surface area (Å²) in [5, 5.41) is 9.50. The van der Waals surface area contributed by atoms with Crippen LogP contribution in [0, 0.1) is 11.3 Å². The smallest absolute Gasteiger partial charge is 0.303 e. The van der Waals surface area contributed by atoms with Crippen molar-refractivity contribution in [1.82, 2.24) is 0 Å². The van der Waals surface area contributed by atoms with E-state index in [4.69, 9.17) is 28.4 Å². The first-order chi connectivity index (χ1) is 15.9. The van der Waals surface area contributed by atoms with Gasteiger partial charge >= 0.3 is 23.9 Å². The topological polar surface area (TPSA) is 147 Å². The second kappa shape index (κ2) is 11.3. The van der Waals surface area contributed by atoms with Gasteiger partial charge in [0.2, 0.25) is 11.9 Å². The van der Waals surface area contributed by atoms with Crippen molar-refractivity contribution in [2.45, 2.75) is 64.8 Å². The lowest BCUT2D eigenvalue weighted by Gasteiger charge is -2.49. The van der Waals surface area contributed by atoms with Gasteiger partial charge in [0.15, 0.2) is 12.2 Å². The Labute approximate surface area is 204 Å². The van der Waals surface area contributed by atoms with Crippen molar-refractivity contribution in [2.75, 3.05) is 6.61 Å². The van der Waals surface area contributed by atoms with E-state index in [0.717, 1.165) is 20.8 Å². The van der Waals surface area contributed by atoms with E-state index >= 15 is 0 Å². The minimum Gasteiger partial charge on any atom is -0.463 e. The van der Waals surface area contributed by atoms with Crippen LogP contribution >= 0.6 is 15.9 Å². The van der Waals surface area contributed by atoms with Crippen LogP contribution in [0.3, 0.4) is 0 Å². The third-order valence-electron chi connectivity index (χ3n) is 4.70. The molecule has 1 aliphatic rings. The number of hydrogen-bond acceptors (Lipinski definition) is 11. The minimum atomic E-state index is -1.84. The zero-order chi connectivity index (χ0) is 25.6. The van der Waals surface area contributed by atoms with E-state index in [-0.39, 0.29) is 11.3 Å². The Balaban J connectivity index is 2.61. The van der Waals surface area contributed by atoms with Crippen LogP contribution in [0.5, 0.6) is 5.75 Å². The average molecular weight is 542 g/mol. The summed E-state index contributed by atoms with van der Waals surface area (Å²) in [6, 6.07) is 6.59. The molecule has 2 rings (SSSR count). The molecule has 1 fully saturated rings. The number of halogens is 1. The van der Waals surface area contributed by atoms with E-state index in [1.54, 1.807) is 6.07 Å². The monoisotopic (exact) mass is 541 g/mol. The fraction of sp³-hybridized carbons (Fsp3) is 0.500. The highest BCUT2D eigenvalue weighted by Gasteiger charge is 2.61. The van der Waals surface area contributed by atoms with Crippen LogP contribution in [-0.2, 0) is 42.9 Å². The molecule has 0 unspecified atom stereocenters. The summed E-state index contributed by atoms with van der Waals surface area (Å²) in [7, 11) is 0. The van der Waals surface area contributed by atoms with Gasteiger partial charge in [-0.15, -0.1) is 0 Å². The van der Waals surface area contributed by atoms with E-state index in [9.17, 15) is 24.4 Å². The molecular formula is C22H24BrNO10. The van der Waals surface area contributed by atoms with Gasteiger partial charge in [0.1, 0.15) is 24.5 Å². The number of esters is 4. The third-order valence-corrected chi connectivity index (χ3v) is 5.19. The standard InChI is InChI=1S/C22H24BrNO10/c1-11(25)29-10-18-19(30-12(2)26)20(31-13(3)27)22(5,34-14(4)28)21(33-18)32-17-7-6-16(23)8-15(17)9-24/h6-8,18-21H,10H2,1-5H3/t18-,19-,20+,21+,22+/m1/s1. The maximum Gasteiger partial charge on any atom is 0.303 e. The molecule has 1 aliphatic heterocycles. The van der Waals surface area contributed by atoms with Gasteiger partial charge < -0.3 is 28.4 Å². The average Bonchev–Trinajstić information content (AvgIpc) is 2.71. The zero-order valence-corrected chi connectivity index (χ0v) is 20.7. The number of rotatable bonds is 7. The Kier molecular flexibility index (Phi) is 9.00. The van der Waals surface area contributed by atoms with Crippen molar-refractivity contribution in [3.63, 3.8) is 0 Å². The van der Waals surface area contributed by atoms with E-state index < -0.39 is 60.7 Å². The van der Waals surface area contributed by atoms with Crippen molar-refractivity contribution < 1.29 is 47.6 Å². The molecular weight excluding hydrogens is 518 g/mol. The highest BCUT2D eigenvalue weighted by atomic mass is 79.9. The van der Waals surface area contributed by atoms with Crippen molar-refractivity contribution in [2.24, 2.45) is 0 Å². The summed E-state index contributed by atoms with van der Waals surface area (Å²) in [5.74, 6) is -2.85. The fourth-order valence-corrected chi connectivity index (χ4v) is 3.78. The number of benzene rings is 1. The number of nitriles is 1. The van der Waals surface area contributed by atoms with Crippen LogP contribution in [0.2, 0.25) is 0 Å². The van der Waals surface area contributed by atoms with Gasteiger partial charge in [-0.05, 0) is 25.1 Å². The Morgan fingerprint density at radius 1 is 1.06 bits per heavy atom. The summed E-state index contributed by atoms with van der Waals surface area (Å²) in [6.07, 6.45) is -5.39. The lowest BCUT2D eigenvalue weighted by molar-refractivity contribution is -0.321. The lowest BCUT2D eigenvalue weighted by atomic mass is 9.87. The normalized spacial score (nSPS) is 25.9. The van der Waals surface area contributed by atoms with Gasteiger partial charge in [0, 0.05) is 32.2 Å². The maximum absolute atomic E-state index is 12.0. The molecule has 0 spiro atoms. The van der Waals surface area contributed by atoms with E-state index in [1.807, 2.05) is 6.07 Å². The quantitative estimate of drug-likeness (QED) is 0.369. The molecule has 1 aromatic rings. The minimum absolute atomic E-state index is 0.0767. The first-order valence-corrected chi connectivity index (χ1v) is 10.9. The predicted molar refractivity (Wildman–Crippen MR) is 116 cm³/mol. The first kappa shape index (κ1) is 27.1. The molecule has 12 heteroatoms. The second-order valence-electron chi connectivity index (χ2n) is 7.56. The molecule has 0 amide bonds. The van der Waals surface area contributed by atoms with E-state index in [1.165, 1.54) is 26.0 Å². The van der Waals surface area contributed by atoms with Crippen LogP contribution < -0.4 is 4.74 Å². The molecule has 1 heterocycles. The molecule has 0 saturated carbocycles. The first-order valence-electron chi connectivity index (χ1n) is 10.1. The summed E-state index contributed by atoms with van der Waals surface area (Å²) in [5.41, 5.74) is -1.71. The van der Waals surface area contributed by atoms with Crippen molar-refractivity contribution >= 4 is 39.8 Å². The number of hydrogen-bond donors (Lipinski definition) is 0. The molecule has 0 radical (unpaired) electrons. The van der Waals surface area contributed by atoms with Gasteiger partial charge in [-0.2, -0.15) is 5.26 Å². The molecule has 11 nitrogen and oxygen atoms in total. The van der Waals surface area contributed by atoms with Crippen LogP contribution in [0.4, 0.5) is 0 Å². The predicted octanol–water partition coefficient (Wildman–Crippen LogP) is 2.17. The van der Waals surface area contributed by atoms with Crippen LogP contribution in [0.25, 0.3) is 0 Å². The molecule has 0 bridgehead atoms. The molecule has 5 atom stereocenters. The van der Waals surface area contributed by atoms with Crippen molar-refractivity contribution in [3.8, 4) is 11.8 Å². The van der Waals surface area contributed by atoms with Gasteiger partial charge in [-0.25, -0.2) is 0 Å². The van der Waals surface area contributed by atoms with Crippen LogP contribution in [0.1, 0.15) is 40.2 Å². The molecule has 0 aliphatic carbocycles. The Hall–Kier alpha value is -3.17. The zero-order valence-electron chi connectivity index (χ0n) is 19.2. The summed E-state index contributed by atoms with van der Waals surface area (Å²) < 4.78 is 33.8. The maximum atomic E-state index is 12.0. The molecule has 1 saturated heterocycles. The molecule has 184 valence electrons. The highest BCUT2D eigenvalue weighted by Crippen LogP contribution is 2.39. The molecule has 1 aromatic carbocycles. The third kappa shape index (κ3) is 6.68. The van der Waals surface area contributed by atoms with Crippen molar-refractivity contribution in [1.29, 1.82) is 5.26 Å². The largest absolute Gasteiger partial charge is 0.463 e. The molecule has 34 heavy (non-hydrogen) atoms. The Bertz CT molecular complexity index is 1010. The molecule has 0 N–H and O–H groups in total. The molecule has 0 aromatic heterocycles. The number of carbonyl (C=O) groups excluding carboxylic acids is 4. The lowest BCUT2D eigenvalue weighted by Crippen LogP contribution is -2.70. The van der Waals surface area contributed by atoms with Crippen LogP contribution in [0.15, 0.2) is 22.7 Å². The SMILES string of the molecule is CC(=O)OC[C@H]1O[C@H](Oc2ccc(Br)cc2C#N)[C@@](C)(OC(C)=O)[C@@H](OC(C)=O)[C@@H]1OC(C)=O. The summed E-state index contributed by atoms with van der Waals surface area (Å²) in [4.78, 5) is 47.3. The van der Waals surface area contributed by atoms with E-state index in [2.05, 4.69) is 15.9 Å². The highest BCUT2D eigenvalue weighted by molar-refractivity contribution is 9.10. The van der Waals surface area contributed by atoms with E-state index in [0.29, 0.717) is 4.47 Å². The number of nitrogens with zero attached hydrogens (tertiary/aromatic N) is 1. The fourth-order valence-electron chi connectivity index (χ4n) is 3.42. The second-order valence-corrected chi connectivity index (χ2v) is 8.48. The van der Waals surface area contributed by atoms with Gasteiger partial charge in [0.25, 0.3) is 0 Å². The van der Waals surface area contributed by atoms with Crippen LogP contribution in [-0.4, -0.2) is 60.7 Å². The Morgan fingerprint density at radius 2 is 1.71 bits per heavy atom. The number of carbonyl (C=O) groups is 4. The summed E-state index contributed by atoms with van der Waals surface area (Å²) >= 11 is 3.27. The van der Waals surface area contributed by atoms with Gasteiger partial charge in [0.05, 0.1) is 5.56 Å². The van der Waals surface area contributed by atoms with Gasteiger partial charge in [-0.3, -0.25) is 19.2 Å². The Morgan fingerprint density at radius 3 is 2.24 bits per heavy atom. The summed E-state index contributed by atoms with van der Waals surface area (Å²) in [6.45, 7) is 5.52. The van der Waals surface area contributed by atoms with Gasteiger partial charge in [-0.1, -0.05) is 15.9 Å². The number of ether oxygens (including phenoxy) is 6. The van der Waals surface area contributed by atoms with Crippen molar-refractivity contribution in [3.05, 3.63) is 28.2 Å².